The summed E-state index contributed by atoms with van der Waals surface area (Å²) >= 11 is 0. The SMILES string of the molecule is C[C@@H](OC(=O)c1cccc(S(=O)(=O)N2CCCCCC2)c1)C(=O)N1CCCC1. The van der Waals surface area contributed by atoms with Crippen molar-refractivity contribution in [1.29, 1.82) is 0 Å². The Morgan fingerprint density at radius 1 is 0.964 bits per heavy atom. The van der Waals surface area contributed by atoms with Crippen LogP contribution in [0.4, 0.5) is 0 Å². The molecule has 8 heteroatoms. The Hall–Kier alpha value is -1.93. The Labute approximate surface area is 166 Å². The molecule has 2 heterocycles. The van der Waals surface area contributed by atoms with Crippen molar-refractivity contribution in [1.82, 2.24) is 9.21 Å². The van der Waals surface area contributed by atoms with E-state index in [4.69, 9.17) is 4.74 Å². The maximum atomic E-state index is 12.9. The minimum Gasteiger partial charge on any atom is -0.449 e. The first-order chi connectivity index (χ1) is 13.4. The number of hydrogen-bond donors (Lipinski definition) is 0. The molecule has 1 atom stereocenters. The fourth-order valence-corrected chi connectivity index (χ4v) is 5.25. The van der Waals surface area contributed by atoms with E-state index in [1.807, 2.05) is 0 Å². The van der Waals surface area contributed by atoms with Crippen molar-refractivity contribution in [3.8, 4) is 0 Å². The van der Waals surface area contributed by atoms with Crippen molar-refractivity contribution < 1.29 is 22.7 Å². The van der Waals surface area contributed by atoms with Gasteiger partial charge in [-0.15, -0.1) is 0 Å². The van der Waals surface area contributed by atoms with E-state index in [2.05, 4.69) is 0 Å². The van der Waals surface area contributed by atoms with Crippen LogP contribution in [0.1, 0.15) is 55.8 Å². The minimum atomic E-state index is -3.65. The number of hydrogen-bond acceptors (Lipinski definition) is 5. The predicted molar refractivity (Wildman–Crippen MR) is 104 cm³/mol. The third-order valence-electron chi connectivity index (χ3n) is 5.32. The molecule has 3 rings (SSSR count). The van der Waals surface area contributed by atoms with E-state index in [1.165, 1.54) is 28.6 Å². The number of sulfonamides is 1. The summed E-state index contributed by atoms with van der Waals surface area (Å²) in [4.78, 5) is 26.6. The van der Waals surface area contributed by atoms with Crippen molar-refractivity contribution in [3.05, 3.63) is 29.8 Å². The lowest BCUT2D eigenvalue weighted by molar-refractivity contribution is -0.138. The van der Waals surface area contributed by atoms with Crippen molar-refractivity contribution >= 4 is 21.9 Å². The minimum absolute atomic E-state index is 0.0855. The second-order valence-electron chi connectivity index (χ2n) is 7.43. The highest BCUT2D eigenvalue weighted by molar-refractivity contribution is 7.89. The van der Waals surface area contributed by atoms with Crippen LogP contribution in [0.5, 0.6) is 0 Å². The Balaban J connectivity index is 1.71. The van der Waals surface area contributed by atoms with Gasteiger partial charge in [0.25, 0.3) is 5.91 Å². The van der Waals surface area contributed by atoms with Crippen molar-refractivity contribution in [2.75, 3.05) is 26.2 Å². The zero-order valence-electron chi connectivity index (χ0n) is 16.3. The van der Waals surface area contributed by atoms with E-state index < -0.39 is 22.1 Å². The Bertz CT molecular complexity index is 810. The molecule has 2 fully saturated rings. The van der Waals surface area contributed by atoms with Crippen molar-refractivity contribution in [2.24, 2.45) is 0 Å². The number of rotatable bonds is 5. The summed E-state index contributed by atoms with van der Waals surface area (Å²) in [6, 6.07) is 5.89. The molecule has 2 aliphatic heterocycles. The molecule has 0 radical (unpaired) electrons. The summed E-state index contributed by atoms with van der Waals surface area (Å²) in [5, 5.41) is 0. The molecule has 0 saturated carbocycles. The second kappa shape index (κ2) is 9.05. The normalized spacial score (nSPS) is 19.8. The topological polar surface area (TPSA) is 84.0 Å². The van der Waals surface area contributed by atoms with Gasteiger partial charge in [-0.1, -0.05) is 18.9 Å². The molecule has 7 nitrogen and oxygen atoms in total. The van der Waals surface area contributed by atoms with Gasteiger partial charge in [-0.3, -0.25) is 4.79 Å². The third kappa shape index (κ3) is 4.72. The van der Waals surface area contributed by atoms with Gasteiger partial charge in [0.2, 0.25) is 10.0 Å². The van der Waals surface area contributed by atoms with Crippen molar-refractivity contribution in [3.63, 3.8) is 0 Å². The summed E-state index contributed by atoms with van der Waals surface area (Å²) in [7, 11) is -3.65. The molecule has 0 unspecified atom stereocenters. The second-order valence-corrected chi connectivity index (χ2v) is 9.36. The quantitative estimate of drug-likeness (QED) is 0.699. The average molecular weight is 409 g/mol. The lowest BCUT2D eigenvalue weighted by atomic mass is 10.2. The van der Waals surface area contributed by atoms with Crippen LogP contribution in [0, 0.1) is 0 Å². The van der Waals surface area contributed by atoms with Gasteiger partial charge >= 0.3 is 5.97 Å². The molecule has 1 amide bonds. The van der Waals surface area contributed by atoms with E-state index in [1.54, 1.807) is 11.8 Å². The summed E-state index contributed by atoms with van der Waals surface area (Å²) in [5.41, 5.74) is 0.136. The summed E-state index contributed by atoms with van der Waals surface area (Å²) in [5.74, 6) is -0.896. The highest BCUT2D eigenvalue weighted by Crippen LogP contribution is 2.22. The zero-order valence-corrected chi connectivity index (χ0v) is 17.1. The van der Waals surface area contributed by atoms with Crippen LogP contribution in [0.2, 0.25) is 0 Å². The first kappa shape index (κ1) is 20.8. The van der Waals surface area contributed by atoms with E-state index in [9.17, 15) is 18.0 Å². The monoisotopic (exact) mass is 408 g/mol. The van der Waals surface area contributed by atoms with Gasteiger partial charge in [0.15, 0.2) is 6.10 Å². The highest BCUT2D eigenvalue weighted by atomic mass is 32.2. The van der Waals surface area contributed by atoms with Crippen molar-refractivity contribution in [2.45, 2.75) is 56.4 Å². The number of ether oxygens (including phenoxy) is 1. The molecule has 2 saturated heterocycles. The smallest absolute Gasteiger partial charge is 0.338 e. The van der Waals surface area contributed by atoms with E-state index in [0.29, 0.717) is 26.2 Å². The zero-order chi connectivity index (χ0) is 20.1. The molecule has 0 spiro atoms. The average Bonchev–Trinajstić information content (AvgIpc) is 3.08. The number of amides is 1. The number of esters is 1. The maximum Gasteiger partial charge on any atom is 0.338 e. The first-order valence-corrected chi connectivity index (χ1v) is 11.4. The molecule has 1 aromatic rings. The molecular weight excluding hydrogens is 380 g/mol. The number of carbonyl (C=O) groups is 2. The van der Waals surface area contributed by atoms with Gasteiger partial charge in [-0.2, -0.15) is 4.31 Å². The molecule has 0 N–H and O–H groups in total. The largest absolute Gasteiger partial charge is 0.449 e. The van der Waals surface area contributed by atoms with Crippen LogP contribution in [0.3, 0.4) is 0 Å². The van der Waals surface area contributed by atoms with Crippen LogP contribution in [0.15, 0.2) is 29.2 Å². The van der Waals surface area contributed by atoms with Gasteiger partial charge in [0.05, 0.1) is 10.5 Å². The fraction of sp³-hybridized carbons (Fsp3) is 0.600. The molecule has 2 aliphatic rings. The van der Waals surface area contributed by atoms with Crippen LogP contribution in [-0.2, 0) is 19.6 Å². The predicted octanol–water partition coefficient (Wildman–Crippen LogP) is 2.42. The molecule has 154 valence electrons. The number of carbonyl (C=O) groups excluding carboxylic acids is 2. The lowest BCUT2D eigenvalue weighted by Gasteiger charge is -2.21. The van der Waals surface area contributed by atoms with Gasteiger partial charge < -0.3 is 9.64 Å². The fourth-order valence-electron chi connectivity index (χ4n) is 3.69. The van der Waals surface area contributed by atoms with Gasteiger partial charge in [-0.25, -0.2) is 13.2 Å². The number of likely N-dealkylation sites (tertiary alicyclic amines) is 1. The van der Waals surface area contributed by atoms with Crippen LogP contribution >= 0.6 is 0 Å². The van der Waals surface area contributed by atoms with Gasteiger partial charge in [0.1, 0.15) is 0 Å². The van der Waals surface area contributed by atoms with E-state index in [-0.39, 0.29) is 16.4 Å². The van der Waals surface area contributed by atoms with Gasteiger partial charge in [0, 0.05) is 26.2 Å². The highest BCUT2D eigenvalue weighted by Gasteiger charge is 2.28. The molecule has 0 aliphatic carbocycles. The third-order valence-corrected chi connectivity index (χ3v) is 7.22. The summed E-state index contributed by atoms with van der Waals surface area (Å²) in [6.07, 6.45) is 4.78. The molecule has 1 aromatic carbocycles. The number of nitrogens with zero attached hydrogens (tertiary/aromatic N) is 2. The molecular formula is C20H28N2O5S. The Morgan fingerprint density at radius 3 is 2.21 bits per heavy atom. The van der Waals surface area contributed by atoms with E-state index in [0.717, 1.165) is 38.5 Å². The molecule has 0 bridgehead atoms. The summed E-state index contributed by atoms with van der Waals surface area (Å²) < 4.78 is 32.7. The standard InChI is InChI=1S/C20H28N2O5S/c1-16(19(23)21-11-6-7-12-21)27-20(24)17-9-8-10-18(15-17)28(25,26)22-13-4-2-3-5-14-22/h8-10,15-16H,2-7,11-14H2,1H3/t16-/m1/s1. The first-order valence-electron chi connectivity index (χ1n) is 9.99. The van der Waals surface area contributed by atoms with E-state index >= 15 is 0 Å². The Morgan fingerprint density at radius 2 is 1.57 bits per heavy atom. The van der Waals surface area contributed by atoms with Crippen LogP contribution < -0.4 is 0 Å². The Kier molecular flexibility index (Phi) is 6.72. The van der Waals surface area contributed by atoms with Gasteiger partial charge in [-0.05, 0) is 50.8 Å². The number of benzene rings is 1. The molecule has 0 aromatic heterocycles. The molecule has 28 heavy (non-hydrogen) atoms. The van der Waals surface area contributed by atoms with Crippen LogP contribution in [-0.4, -0.2) is 61.8 Å². The summed E-state index contributed by atoms with van der Waals surface area (Å²) in [6.45, 7) is 3.92. The van der Waals surface area contributed by atoms with Crippen LogP contribution in [0.25, 0.3) is 0 Å². The maximum absolute atomic E-state index is 12.9. The lowest BCUT2D eigenvalue weighted by Crippen LogP contribution is -2.38.